The number of halogens is 1. The van der Waals surface area contributed by atoms with Crippen LogP contribution in [-0.2, 0) is 6.54 Å². The predicted octanol–water partition coefficient (Wildman–Crippen LogP) is 4.83. The Morgan fingerprint density at radius 3 is 2.40 bits per heavy atom. The van der Waals surface area contributed by atoms with Crippen LogP contribution in [0.25, 0.3) is 22.4 Å². The monoisotopic (exact) mass is 349 g/mol. The number of methoxy groups -OCH3 is 1. The van der Waals surface area contributed by atoms with E-state index >= 15 is 0 Å². The molecular formula is C21H18ClN2O+. The SMILES string of the molecule is COc1ccc(-c2[nH]c3ccccc3[n+]2Cc2ccccc2Cl)cc1. The maximum atomic E-state index is 6.39. The minimum Gasteiger partial charge on any atom is -0.497 e. The molecule has 1 aromatic heterocycles. The fourth-order valence-electron chi connectivity index (χ4n) is 3.07. The van der Waals surface area contributed by atoms with Gasteiger partial charge in [0, 0.05) is 10.6 Å². The molecule has 124 valence electrons. The van der Waals surface area contributed by atoms with Crippen molar-refractivity contribution in [1.29, 1.82) is 0 Å². The molecule has 0 spiro atoms. The summed E-state index contributed by atoms with van der Waals surface area (Å²) in [5, 5.41) is 0.779. The molecule has 0 saturated heterocycles. The minimum atomic E-state index is 0.699. The summed E-state index contributed by atoms with van der Waals surface area (Å²) in [6.45, 7) is 0.699. The third-order valence-electron chi connectivity index (χ3n) is 4.37. The summed E-state index contributed by atoms with van der Waals surface area (Å²) < 4.78 is 7.53. The Labute approximate surface area is 151 Å². The van der Waals surface area contributed by atoms with Gasteiger partial charge in [-0.2, -0.15) is 0 Å². The molecule has 1 N–H and O–H groups in total. The Balaban J connectivity index is 1.87. The number of nitrogens with one attached hydrogen (secondary N) is 1. The molecule has 0 radical (unpaired) electrons. The van der Waals surface area contributed by atoms with E-state index in [0.29, 0.717) is 6.54 Å². The number of aromatic amines is 1. The minimum absolute atomic E-state index is 0.699. The van der Waals surface area contributed by atoms with Crippen molar-refractivity contribution in [2.75, 3.05) is 7.11 Å². The highest BCUT2D eigenvalue weighted by Gasteiger charge is 2.21. The summed E-state index contributed by atoms with van der Waals surface area (Å²) in [4.78, 5) is 3.54. The van der Waals surface area contributed by atoms with Gasteiger partial charge in [-0.15, -0.1) is 0 Å². The van der Waals surface area contributed by atoms with E-state index < -0.39 is 0 Å². The summed E-state index contributed by atoms with van der Waals surface area (Å²) in [5.41, 5.74) is 4.44. The van der Waals surface area contributed by atoms with E-state index in [1.807, 2.05) is 36.4 Å². The Morgan fingerprint density at radius 2 is 1.64 bits per heavy atom. The molecule has 4 aromatic rings. The summed E-state index contributed by atoms with van der Waals surface area (Å²) in [7, 11) is 1.68. The lowest BCUT2D eigenvalue weighted by Gasteiger charge is -2.05. The van der Waals surface area contributed by atoms with E-state index in [0.717, 1.165) is 38.8 Å². The summed E-state index contributed by atoms with van der Waals surface area (Å²) >= 11 is 6.39. The molecule has 3 aromatic carbocycles. The van der Waals surface area contributed by atoms with Crippen LogP contribution in [0, 0.1) is 0 Å². The average molecular weight is 350 g/mol. The van der Waals surface area contributed by atoms with E-state index in [9.17, 15) is 0 Å². The first-order valence-electron chi connectivity index (χ1n) is 8.14. The standard InChI is InChI=1S/C21H17ClN2O/c1-25-17-12-10-15(11-13-17)21-23-19-8-4-5-9-20(19)24(21)14-16-6-2-3-7-18(16)22/h2-13H,14H2,1H3/p+1. The fraction of sp³-hybridized carbons (Fsp3) is 0.0952. The molecule has 0 fully saturated rings. The zero-order valence-electron chi connectivity index (χ0n) is 13.9. The van der Waals surface area contributed by atoms with E-state index in [1.54, 1.807) is 7.11 Å². The van der Waals surface area contributed by atoms with Gasteiger partial charge in [-0.05, 0) is 42.5 Å². The Morgan fingerprint density at radius 1 is 0.920 bits per heavy atom. The summed E-state index contributed by atoms with van der Waals surface area (Å²) in [6, 6.07) is 24.3. The van der Waals surface area contributed by atoms with Crippen molar-refractivity contribution < 1.29 is 9.30 Å². The third-order valence-corrected chi connectivity index (χ3v) is 4.74. The van der Waals surface area contributed by atoms with Crippen molar-refractivity contribution >= 4 is 22.6 Å². The van der Waals surface area contributed by atoms with Gasteiger partial charge in [-0.3, -0.25) is 0 Å². The highest BCUT2D eigenvalue weighted by Crippen LogP contribution is 2.23. The quantitative estimate of drug-likeness (QED) is 0.525. The van der Waals surface area contributed by atoms with E-state index in [2.05, 4.69) is 45.9 Å². The molecule has 25 heavy (non-hydrogen) atoms. The van der Waals surface area contributed by atoms with E-state index in [4.69, 9.17) is 16.3 Å². The van der Waals surface area contributed by atoms with E-state index in [1.165, 1.54) is 0 Å². The van der Waals surface area contributed by atoms with Gasteiger partial charge in [0.05, 0.1) is 12.7 Å². The van der Waals surface area contributed by atoms with Gasteiger partial charge in [0.25, 0.3) is 5.82 Å². The van der Waals surface area contributed by atoms with Crippen LogP contribution in [0.5, 0.6) is 5.75 Å². The lowest BCUT2D eigenvalue weighted by Crippen LogP contribution is -2.35. The number of H-pyrrole nitrogens is 1. The number of hydrogen-bond donors (Lipinski definition) is 1. The average Bonchev–Trinajstić information content (AvgIpc) is 3.02. The lowest BCUT2D eigenvalue weighted by molar-refractivity contribution is -0.651. The molecule has 1 heterocycles. The number of ether oxygens (including phenoxy) is 1. The van der Waals surface area contributed by atoms with Gasteiger partial charge < -0.3 is 4.74 Å². The van der Waals surface area contributed by atoms with Crippen LogP contribution in [0.4, 0.5) is 0 Å². The van der Waals surface area contributed by atoms with E-state index in [-0.39, 0.29) is 0 Å². The first-order valence-corrected chi connectivity index (χ1v) is 8.52. The number of nitrogens with zero attached hydrogens (tertiary/aromatic N) is 1. The van der Waals surface area contributed by atoms with Gasteiger partial charge in [-0.1, -0.05) is 41.9 Å². The highest BCUT2D eigenvalue weighted by atomic mass is 35.5. The molecule has 4 heteroatoms. The second-order valence-electron chi connectivity index (χ2n) is 5.90. The van der Waals surface area contributed by atoms with Crippen molar-refractivity contribution in [2.24, 2.45) is 0 Å². The Bertz CT molecular complexity index is 1020. The second kappa shape index (κ2) is 6.61. The van der Waals surface area contributed by atoms with Gasteiger partial charge >= 0.3 is 0 Å². The number of hydrogen-bond acceptors (Lipinski definition) is 1. The third kappa shape index (κ3) is 2.99. The number of imidazole rings is 1. The largest absolute Gasteiger partial charge is 0.497 e. The molecule has 0 atom stereocenters. The predicted molar refractivity (Wildman–Crippen MR) is 101 cm³/mol. The van der Waals surface area contributed by atoms with Gasteiger partial charge in [0.15, 0.2) is 11.0 Å². The fourth-order valence-corrected chi connectivity index (χ4v) is 3.26. The van der Waals surface area contributed by atoms with Gasteiger partial charge in [0.2, 0.25) is 0 Å². The topological polar surface area (TPSA) is 28.9 Å². The maximum Gasteiger partial charge on any atom is 0.287 e. The molecule has 0 aliphatic rings. The molecule has 0 amide bonds. The molecule has 3 nitrogen and oxygen atoms in total. The van der Waals surface area contributed by atoms with Crippen molar-refractivity contribution in [1.82, 2.24) is 4.98 Å². The molecule has 0 unspecified atom stereocenters. The molecule has 0 saturated carbocycles. The van der Waals surface area contributed by atoms with Crippen LogP contribution in [0.1, 0.15) is 5.56 Å². The van der Waals surface area contributed by atoms with Crippen LogP contribution in [0.3, 0.4) is 0 Å². The van der Waals surface area contributed by atoms with Crippen molar-refractivity contribution in [3.8, 4) is 17.1 Å². The van der Waals surface area contributed by atoms with Crippen LogP contribution in [-0.4, -0.2) is 12.1 Å². The van der Waals surface area contributed by atoms with Crippen LogP contribution >= 0.6 is 11.6 Å². The van der Waals surface area contributed by atoms with Crippen LogP contribution in [0.2, 0.25) is 5.02 Å². The highest BCUT2D eigenvalue weighted by molar-refractivity contribution is 6.31. The van der Waals surface area contributed by atoms with Crippen LogP contribution in [0.15, 0.2) is 72.8 Å². The smallest absolute Gasteiger partial charge is 0.287 e. The Kier molecular flexibility index (Phi) is 4.16. The number of fused-ring (bicyclic) bond motifs is 1. The molecular weight excluding hydrogens is 332 g/mol. The van der Waals surface area contributed by atoms with Crippen LogP contribution < -0.4 is 9.30 Å². The maximum absolute atomic E-state index is 6.39. The first-order chi connectivity index (χ1) is 12.3. The summed E-state index contributed by atoms with van der Waals surface area (Å²) in [6.07, 6.45) is 0. The van der Waals surface area contributed by atoms with Crippen molar-refractivity contribution in [3.05, 3.63) is 83.4 Å². The van der Waals surface area contributed by atoms with Gasteiger partial charge in [0.1, 0.15) is 12.3 Å². The molecule has 0 bridgehead atoms. The normalized spacial score (nSPS) is 11.0. The zero-order valence-corrected chi connectivity index (χ0v) is 14.6. The molecule has 0 aliphatic heterocycles. The first kappa shape index (κ1) is 15.7. The number of rotatable bonds is 4. The second-order valence-corrected chi connectivity index (χ2v) is 6.30. The number of benzene rings is 3. The van der Waals surface area contributed by atoms with Crippen molar-refractivity contribution in [3.63, 3.8) is 0 Å². The lowest BCUT2D eigenvalue weighted by atomic mass is 10.2. The Hall–Kier alpha value is -2.78. The van der Waals surface area contributed by atoms with Crippen molar-refractivity contribution in [2.45, 2.75) is 6.54 Å². The zero-order chi connectivity index (χ0) is 17.2. The number of aromatic nitrogens is 2. The summed E-state index contributed by atoms with van der Waals surface area (Å²) in [5.74, 6) is 1.89. The molecule has 0 aliphatic carbocycles. The van der Waals surface area contributed by atoms with Gasteiger partial charge in [-0.25, -0.2) is 9.55 Å². The number of para-hydroxylation sites is 2. The molecule has 4 rings (SSSR count).